The molecule has 0 unspecified atom stereocenters. The summed E-state index contributed by atoms with van der Waals surface area (Å²) >= 11 is 3.58. The van der Waals surface area contributed by atoms with Gasteiger partial charge in [-0.1, -0.05) is 56.1 Å². The predicted octanol–water partition coefficient (Wildman–Crippen LogP) is 4.50. The molecule has 0 amide bonds. The summed E-state index contributed by atoms with van der Waals surface area (Å²) in [6, 6.07) is 0. The summed E-state index contributed by atoms with van der Waals surface area (Å²) in [6.07, 6.45) is 6.04. The van der Waals surface area contributed by atoms with E-state index in [1.807, 2.05) is 0 Å². The molecule has 0 aromatic rings. The molecule has 66 valence electrons. The van der Waals surface area contributed by atoms with Crippen LogP contribution >= 0.6 is 15.9 Å². The third-order valence-electron chi connectivity index (χ3n) is 1.36. The molecule has 0 N–H and O–H groups in total. The Kier molecular flexibility index (Phi) is 5.07. The summed E-state index contributed by atoms with van der Waals surface area (Å²) < 4.78 is 1.35. The molecular weight excluding hydrogens is 200 g/mol. The first-order valence-electron chi connectivity index (χ1n) is 4.33. The SMILES string of the molecule is CCCC/C(Br)=C/C(C)(C)C. The highest BCUT2D eigenvalue weighted by molar-refractivity contribution is 9.11. The Morgan fingerprint density at radius 2 is 1.91 bits per heavy atom. The molecule has 0 aromatic heterocycles. The maximum absolute atomic E-state index is 3.58. The van der Waals surface area contributed by atoms with Crippen LogP contribution in [-0.2, 0) is 0 Å². The molecule has 0 spiro atoms. The zero-order valence-electron chi connectivity index (χ0n) is 8.08. The molecule has 0 heterocycles. The van der Waals surface area contributed by atoms with Gasteiger partial charge >= 0.3 is 0 Å². The maximum atomic E-state index is 3.58. The Balaban J connectivity index is 3.81. The van der Waals surface area contributed by atoms with Crippen molar-refractivity contribution in [1.29, 1.82) is 0 Å². The molecule has 0 aliphatic rings. The Labute approximate surface area is 79.2 Å². The molecule has 0 aliphatic carbocycles. The van der Waals surface area contributed by atoms with Crippen LogP contribution in [0.3, 0.4) is 0 Å². The van der Waals surface area contributed by atoms with Crippen LogP contribution in [-0.4, -0.2) is 0 Å². The topological polar surface area (TPSA) is 0 Å². The van der Waals surface area contributed by atoms with E-state index in [0.29, 0.717) is 5.41 Å². The maximum Gasteiger partial charge on any atom is -0.00839 e. The summed E-state index contributed by atoms with van der Waals surface area (Å²) in [4.78, 5) is 0. The molecule has 0 radical (unpaired) electrons. The number of rotatable bonds is 3. The second kappa shape index (κ2) is 4.97. The van der Waals surface area contributed by atoms with Crippen molar-refractivity contribution in [3.05, 3.63) is 10.6 Å². The lowest BCUT2D eigenvalue weighted by Gasteiger charge is -2.13. The molecule has 0 fully saturated rings. The summed E-state index contributed by atoms with van der Waals surface area (Å²) in [5.74, 6) is 0. The van der Waals surface area contributed by atoms with Crippen LogP contribution in [0.25, 0.3) is 0 Å². The van der Waals surface area contributed by atoms with E-state index in [2.05, 4.69) is 49.7 Å². The molecule has 0 bridgehead atoms. The van der Waals surface area contributed by atoms with Crippen LogP contribution in [0.2, 0.25) is 0 Å². The van der Waals surface area contributed by atoms with Crippen LogP contribution in [0.4, 0.5) is 0 Å². The van der Waals surface area contributed by atoms with E-state index in [4.69, 9.17) is 0 Å². The second-order valence-electron chi connectivity index (χ2n) is 4.06. The Morgan fingerprint density at radius 1 is 1.36 bits per heavy atom. The zero-order chi connectivity index (χ0) is 8.91. The fourth-order valence-electron chi connectivity index (χ4n) is 0.888. The lowest BCUT2D eigenvalue weighted by Crippen LogP contribution is -1.99. The van der Waals surface area contributed by atoms with Crippen molar-refractivity contribution in [2.45, 2.75) is 47.0 Å². The van der Waals surface area contributed by atoms with Crippen molar-refractivity contribution >= 4 is 15.9 Å². The number of allylic oxidation sites excluding steroid dienone is 2. The third kappa shape index (κ3) is 8.12. The van der Waals surface area contributed by atoms with Crippen molar-refractivity contribution in [3.8, 4) is 0 Å². The van der Waals surface area contributed by atoms with Crippen LogP contribution < -0.4 is 0 Å². The minimum absolute atomic E-state index is 0.312. The fraction of sp³-hybridized carbons (Fsp3) is 0.800. The number of halogens is 1. The van der Waals surface area contributed by atoms with Gasteiger partial charge in [-0.25, -0.2) is 0 Å². The second-order valence-corrected chi connectivity index (χ2v) is 5.08. The van der Waals surface area contributed by atoms with E-state index in [0.717, 1.165) is 0 Å². The monoisotopic (exact) mass is 218 g/mol. The number of hydrogen-bond donors (Lipinski definition) is 0. The highest BCUT2D eigenvalue weighted by Crippen LogP contribution is 2.23. The first-order chi connectivity index (χ1) is 4.95. The van der Waals surface area contributed by atoms with Crippen LogP contribution in [0.5, 0.6) is 0 Å². The van der Waals surface area contributed by atoms with Gasteiger partial charge in [-0.05, 0) is 22.7 Å². The average Bonchev–Trinajstić information content (AvgIpc) is 1.79. The fourth-order valence-corrected chi connectivity index (χ4v) is 1.85. The lowest BCUT2D eigenvalue weighted by atomic mass is 9.96. The van der Waals surface area contributed by atoms with Gasteiger partial charge in [0.15, 0.2) is 0 Å². The number of unbranched alkanes of at least 4 members (excludes halogenated alkanes) is 1. The Morgan fingerprint density at radius 3 is 2.27 bits per heavy atom. The zero-order valence-corrected chi connectivity index (χ0v) is 9.66. The lowest BCUT2D eigenvalue weighted by molar-refractivity contribution is 0.540. The van der Waals surface area contributed by atoms with E-state index >= 15 is 0 Å². The molecule has 0 saturated heterocycles. The molecule has 0 saturated carbocycles. The molecular formula is C10H19Br. The third-order valence-corrected chi connectivity index (χ3v) is 1.98. The predicted molar refractivity (Wildman–Crippen MR) is 56.0 cm³/mol. The van der Waals surface area contributed by atoms with E-state index < -0.39 is 0 Å². The molecule has 0 nitrogen and oxygen atoms in total. The smallest absolute Gasteiger partial charge is 0.00839 e. The van der Waals surface area contributed by atoms with Gasteiger partial charge in [0.2, 0.25) is 0 Å². The van der Waals surface area contributed by atoms with Gasteiger partial charge in [-0.3, -0.25) is 0 Å². The molecule has 0 aromatic carbocycles. The van der Waals surface area contributed by atoms with Crippen molar-refractivity contribution in [3.63, 3.8) is 0 Å². The molecule has 0 aliphatic heterocycles. The van der Waals surface area contributed by atoms with Gasteiger partial charge in [-0.2, -0.15) is 0 Å². The van der Waals surface area contributed by atoms with Crippen molar-refractivity contribution in [2.75, 3.05) is 0 Å². The summed E-state index contributed by atoms with van der Waals surface area (Å²) in [5.41, 5.74) is 0.312. The standard InChI is InChI=1S/C10H19Br/c1-5-6-7-9(11)8-10(2,3)4/h8H,5-7H2,1-4H3/b9-8-. The van der Waals surface area contributed by atoms with E-state index in [-0.39, 0.29) is 0 Å². The van der Waals surface area contributed by atoms with Gasteiger partial charge in [0.1, 0.15) is 0 Å². The van der Waals surface area contributed by atoms with Crippen molar-refractivity contribution in [1.82, 2.24) is 0 Å². The van der Waals surface area contributed by atoms with Crippen LogP contribution in [0.1, 0.15) is 47.0 Å². The Bertz CT molecular complexity index is 128. The largest absolute Gasteiger partial charge is 0.0690 e. The van der Waals surface area contributed by atoms with Crippen molar-refractivity contribution < 1.29 is 0 Å². The van der Waals surface area contributed by atoms with E-state index in [1.165, 1.54) is 23.7 Å². The van der Waals surface area contributed by atoms with E-state index in [1.54, 1.807) is 0 Å². The minimum Gasteiger partial charge on any atom is -0.0690 e. The number of hydrogen-bond acceptors (Lipinski definition) is 0. The van der Waals surface area contributed by atoms with Gasteiger partial charge in [0.05, 0.1) is 0 Å². The van der Waals surface area contributed by atoms with Gasteiger partial charge in [0.25, 0.3) is 0 Å². The minimum atomic E-state index is 0.312. The van der Waals surface area contributed by atoms with Gasteiger partial charge < -0.3 is 0 Å². The molecule has 0 atom stereocenters. The molecule has 1 heteroatoms. The molecule has 0 rings (SSSR count). The average molecular weight is 219 g/mol. The summed E-state index contributed by atoms with van der Waals surface area (Å²) in [7, 11) is 0. The van der Waals surface area contributed by atoms with Crippen LogP contribution in [0.15, 0.2) is 10.6 Å². The quantitative estimate of drug-likeness (QED) is 0.655. The highest BCUT2D eigenvalue weighted by atomic mass is 79.9. The van der Waals surface area contributed by atoms with Crippen LogP contribution in [0, 0.1) is 5.41 Å². The van der Waals surface area contributed by atoms with Gasteiger partial charge in [0, 0.05) is 0 Å². The first-order valence-corrected chi connectivity index (χ1v) is 5.12. The first kappa shape index (κ1) is 11.2. The van der Waals surface area contributed by atoms with Crippen molar-refractivity contribution in [2.24, 2.45) is 5.41 Å². The summed E-state index contributed by atoms with van der Waals surface area (Å²) in [6.45, 7) is 8.89. The van der Waals surface area contributed by atoms with Gasteiger partial charge in [-0.15, -0.1) is 0 Å². The summed E-state index contributed by atoms with van der Waals surface area (Å²) in [5, 5.41) is 0. The van der Waals surface area contributed by atoms with E-state index in [9.17, 15) is 0 Å². The molecule has 11 heavy (non-hydrogen) atoms. The highest BCUT2D eigenvalue weighted by Gasteiger charge is 2.06. The normalized spacial score (nSPS) is 13.7. The Hall–Kier alpha value is 0.220.